The zero-order valence-corrected chi connectivity index (χ0v) is 13.4. The number of rotatable bonds is 5. The number of hydrogen-bond acceptors (Lipinski definition) is 5. The van der Waals surface area contributed by atoms with Crippen LogP contribution in [0.15, 0.2) is 100 Å². The van der Waals surface area contributed by atoms with Crippen molar-refractivity contribution in [2.24, 2.45) is 10.2 Å². The van der Waals surface area contributed by atoms with E-state index in [1.54, 1.807) is 42.5 Å². The fraction of sp³-hybridized carbons (Fsp3) is 0. The van der Waals surface area contributed by atoms with Crippen LogP contribution in [-0.4, -0.2) is 8.42 Å². The molecule has 0 spiro atoms. The molecular formula is C18H14N2O3S. The van der Waals surface area contributed by atoms with Gasteiger partial charge in [0.25, 0.3) is 0 Å². The van der Waals surface area contributed by atoms with Gasteiger partial charge in [-0.05, 0) is 48.5 Å². The highest BCUT2D eigenvalue weighted by atomic mass is 32.2. The molecule has 0 bridgehead atoms. The molecular weight excluding hydrogens is 324 g/mol. The molecule has 3 aromatic carbocycles. The van der Waals surface area contributed by atoms with Crippen molar-refractivity contribution < 1.29 is 12.6 Å². The summed E-state index contributed by atoms with van der Waals surface area (Å²) in [6.45, 7) is 0. The first-order chi connectivity index (χ1) is 11.6. The molecule has 24 heavy (non-hydrogen) atoms. The third-order valence-corrected chi connectivity index (χ3v) is 4.37. The molecule has 0 N–H and O–H groups in total. The van der Waals surface area contributed by atoms with Crippen molar-refractivity contribution >= 4 is 21.5 Å². The Balaban J connectivity index is 1.72. The molecule has 0 radical (unpaired) electrons. The number of nitrogens with zero attached hydrogens (tertiary/aromatic N) is 2. The predicted octanol–water partition coefficient (Wildman–Crippen LogP) is 4.87. The minimum absolute atomic E-state index is 0.109. The highest BCUT2D eigenvalue weighted by Gasteiger charge is 2.15. The average Bonchev–Trinajstić information content (AvgIpc) is 2.62. The van der Waals surface area contributed by atoms with Crippen molar-refractivity contribution in [2.75, 3.05) is 0 Å². The van der Waals surface area contributed by atoms with E-state index < -0.39 is 10.1 Å². The van der Waals surface area contributed by atoms with Crippen LogP contribution in [0.1, 0.15) is 0 Å². The maximum Gasteiger partial charge on any atom is 0.339 e. The largest absolute Gasteiger partial charge is 0.379 e. The molecule has 3 rings (SSSR count). The Morgan fingerprint density at radius 1 is 0.625 bits per heavy atom. The van der Waals surface area contributed by atoms with E-state index in [1.165, 1.54) is 12.1 Å². The summed E-state index contributed by atoms with van der Waals surface area (Å²) in [6, 6.07) is 23.7. The van der Waals surface area contributed by atoms with Crippen LogP contribution >= 0.6 is 0 Å². The highest BCUT2D eigenvalue weighted by Crippen LogP contribution is 2.23. The third-order valence-electron chi connectivity index (χ3n) is 3.11. The smallest absolute Gasteiger partial charge is 0.339 e. The van der Waals surface area contributed by atoms with Crippen LogP contribution in [0, 0.1) is 0 Å². The van der Waals surface area contributed by atoms with E-state index in [1.807, 2.05) is 30.3 Å². The van der Waals surface area contributed by atoms with Gasteiger partial charge in [0.15, 0.2) is 0 Å². The van der Waals surface area contributed by atoms with Gasteiger partial charge in [0.2, 0.25) is 0 Å². The van der Waals surface area contributed by atoms with Crippen LogP contribution in [0.5, 0.6) is 5.75 Å². The van der Waals surface area contributed by atoms with Gasteiger partial charge in [-0.25, -0.2) is 0 Å². The molecule has 0 aliphatic rings. The molecule has 0 heterocycles. The first-order valence-electron chi connectivity index (χ1n) is 7.20. The number of azo groups is 1. The molecule has 0 amide bonds. The van der Waals surface area contributed by atoms with Gasteiger partial charge >= 0.3 is 10.1 Å². The van der Waals surface area contributed by atoms with Crippen molar-refractivity contribution in [3.63, 3.8) is 0 Å². The van der Waals surface area contributed by atoms with E-state index in [2.05, 4.69) is 10.2 Å². The first kappa shape index (κ1) is 15.9. The molecule has 0 aliphatic heterocycles. The molecule has 6 heteroatoms. The van der Waals surface area contributed by atoms with E-state index in [4.69, 9.17) is 4.18 Å². The second-order valence-corrected chi connectivity index (χ2v) is 6.43. The lowest BCUT2D eigenvalue weighted by molar-refractivity contribution is 0.486. The van der Waals surface area contributed by atoms with Crippen molar-refractivity contribution in [1.82, 2.24) is 0 Å². The van der Waals surface area contributed by atoms with Gasteiger partial charge in [-0.2, -0.15) is 18.6 Å². The number of benzene rings is 3. The molecule has 0 aliphatic carbocycles. The highest BCUT2D eigenvalue weighted by molar-refractivity contribution is 7.87. The maximum absolute atomic E-state index is 12.1. The minimum Gasteiger partial charge on any atom is -0.379 e. The van der Waals surface area contributed by atoms with Crippen LogP contribution in [0.25, 0.3) is 0 Å². The lowest BCUT2D eigenvalue weighted by Gasteiger charge is -2.06. The van der Waals surface area contributed by atoms with Gasteiger partial charge in [0.1, 0.15) is 10.6 Å². The Labute approximate surface area is 140 Å². The van der Waals surface area contributed by atoms with E-state index in [0.717, 1.165) is 5.69 Å². The predicted molar refractivity (Wildman–Crippen MR) is 91.3 cm³/mol. The molecule has 0 unspecified atom stereocenters. The lowest BCUT2D eigenvalue weighted by Crippen LogP contribution is -2.09. The Hall–Kier alpha value is -2.99. The average molecular weight is 338 g/mol. The molecule has 0 saturated heterocycles. The summed E-state index contributed by atoms with van der Waals surface area (Å²) in [7, 11) is -3.84. The second-order valence-electron chi connectivity index (χ2n) is 4.88. The van der Waals surface area contributed by atoms with E-state index in [-0.39, 0.29) is 10.6 Å². The summed E-state index contributed by atoms with van der Waals surface area (Å²) in [4.78, 5) is 0.109. The molecule has 0 fully saturated rings. The van der Waals surface area contributed by atoms with Crippen LogP contribution in [-0.2, 0) is 10.1 Å². The van der Waals surface area contributed by atoms with E-state index in [9.17, 15) is 8.42 Å². The quantitative estimate of drug-likeness (QED) is 0.492. The zero-order valence-electron chi connectivity index (χ0n) is 12.6. The third kappa shape index (κ3) is 4.05. The molecule has 0 saturated carbocycles. The molecule has 120 valence electrons. The Bertz CT molecular complexity index is 923. The summed E-state index contributed by atoms with van der Waals surface area (Å²) in [5.74, 6) is 0.220. The molecule has 5 nitrogen and oxygen atoms in total. The fourth-order valence-electron chi connectivity index (χ4n) is 1.94. The Morgan fingerprint density at radius 3 is 1.71 bits per heavy atom. The summed E-state index contributed by atoms with van der Waals surface area (Å²) < 4.78 is 29.4. The monoisotopic (exact) mass is 338 g/mol. The van der Waals surface area contributed by atoms with Gasteiger partial charge in [-0.1, -0.05) is 36.4 Å². The van der Waals surface area contributed by atoms with Gasteiger partial charge in [-0.15, -0.1) is 0 Å². The van der Waals surface area contributed by atoms with Gasteiger partial charge in [-0.3, -0.25) is 0 Å². The van der Waals surface area contributed by atoms with E-state index in [0.29, 0.717) is 5.69 Å². The zero-order chi connectivity index (χ0) is 16.8. The molecule has 0 atom stereocenters. The first-order valence-corrected chi connectivity index (χ1v) is 8.61. The van der Waals surface area contributed by atoms with Crippen molar-refractivity contribution in [3.8, 4) is 5.75 Å². The SMILES string of the molecule is O=S(=O)(Oc1ccc(N=Nc2ccccc2)cc1)c1ccccc1. The minimum atomic E-state index is -3.84. The lowest BCUT2D eigenvalue weighted by atomic mass is 10.3. The summed E-state index contributed by atoms with van der Waals surface area (Å²) in [6.07, 6.45) is 0. The van der Waals surface area contributed by atoms with Crippen molar-refractivity contribution in [3.05, 3.63) is 84.9 Å². The van der Waals surface area contributed by atoms with Crippen molar-refractivity contribution in [2.45, 2.75) is 4.90 Å². The van der Waals surface area contributed by atoms with Gasteiger partial charge in [0, 0.05) is 0 Å². The summed E-state index contributed by atoms with van der Waals surface area (Å²) in [5.41, 5.74) is 1.34. The topological polar surface area (TPSA) is 68.1 Å². The maximum atomic E-state index is 12.1. The van der Waals surface area contributed by atoms with Gasteiger partial charge in [0.05, 0.1) is 11.4 Å². The molecule has 3 aromatic rings. The summed E-state index contributed by atoms with van der Waals surface area (Å²) in [5, 5.41) is 8.19. The number of hydrogen-bond donors (Lipinski definition) is 0. The van der Waals surface area contributed by atoms with Crippen LogP contribution in [0.3, 0.4) is 0 Å². The molecule has 0 aromatic heterocycles. The van der Waals surface area contributed by atoms with Crippen LogP contribution in [0.4, 0.5) is 11.4 Å². The Kier molecular flexibility index (Phi) is 4.67. The van der Waals surface area contributed by atoms with Crippen LogP contribution < -0.4 is 4.18 Å². The van der Waals surface area contributed by atoms with Gasteiger partial charge < -0.3 is 4.18 Å². The van der Waals surface area contributed by atoms with Crippen molar-refractivity contribution in [1.29, 1.82) is 0 Å². The van der Waals surface area contributed by atoms with Crippen LogP contribution in [0.2, 0.25) is 0 Å². The fourth-order valence-corrected chi connectivity index (χ4v) is 2.89. The van der Waals surface area contributed by atoms with E-state index >= 15 is 0 Å². The normalized spacial score (nSPS) is 11.5. The summed E-state index contributed by atoms with van der Waals surface area (Å²) >= 11 is 0. The second kappa shape index (κ2) is 7.06. The standard InChI is InChI=1S/C18H14N2O3S/c21-24(22,18-9-5-2-6-10-18)23-17-13-11-16(12-14-17)20-19-15-7-3-1-4-8-15/h1-14H. The Morgan fingerprint density at radius 2 is 1.12 bits per heavy atom.